The average molecular weight is 1140 g/mol. The van der Waals surface area contributed by atoms with Gasteiger partial charge in [0.05, 0.1) is 26.6 Å². The molecule has 2 saturated heterocycles. The number of thiocarbonyl (C=S) groups is 4. The fourth-order valence-electron chi connectivity index (χ4n) is 12.2. The van der Waals surface area contributed by atoms with Crippen molar-refractivity contribution >= 4 is 112 Å². The van der Waals surface area contributed by atoms with Gasteiger partial charge in [-0.1, -0.05) is 171 Å². The second-order valence-corrected chi connectivity index (χ2v) is 23.3. The maximum Gasteiger partial charge on any atom is 0.170 e. The molecular weight excluding hydrogens is 1070 g/mol. The number of unbranched alkanes of at least 4 members (excludes halogenated alkanes) is 2. The fraction of sp³-hybridized carbons (Fsp3) is 0.333. The summed E-state index contributed by atoms with van der Waals surface area (Å²) >= 11 is 25.6. The number of nitrogens with zero attached hydrogens (tertiary/aromatic N) is 4. The number of hydrogen-bond acceptors (Lipinski definition) is 6. The highest BCUT2D eigenvalue weighted by Crippen LogP contribution is 2.35. The maximum absolute atomic E-state index is 6.39. The first-order valence-electron chi connectivity index (χ1n) is 28.5. The van der Waals surface area contributed by atoms with E-state index >= 15 is 0 Å². The number of ether oxygens (including phenoxy) is 2. The molecule has 0 aromatic heterocycles. The standard InChI is InChI=1S/C66H72N8O2S4/c77-63-67-35-59-51-25-7-11-29-55(51)61(56-30-12-8-26-52(56)59)37-69-65(79)73-41-50(24-16-18-34-76-44-48-21-5-2-6-22-48)42-74(46-73)66(80)70-38-62-57-31-13-9-27-53(57)60(54-28-10-14-32-58(54)62)36-68-64(78)72-40-49(39-71(63)45-72)23-15-17-33-75-43-47-19-3-1-4-20-47/h1-14,19-22,25-32,49-50H,15-18,23-24,33-46H2,(H,67,77)(H,68,78)(H,69,79)(H,70,80). The Balaban J connectivity index is 0.881. The topological polar surface area (TPSA) is 79.5 Å². The molecule has 412 valence electrons. The van der Waals surface area contributed by atoms with Gasteiger partial charge in [-0.2, -0.15) is 0 Å². The fourth-order valence-corrected chi connectivity index (χ4v) is 13.1. The van der Waals surface area contributed by atoms with E-state index in [9.17, 15) is 0 Å². The van der Waals surface area contributed by atoms with Crippen LogP contribution in [0.25, 0.3) is 43.1 Å². The molecule has 14 heteroatoms. The van der Waals surface area contributed by atoms with Crippen LogP contribution in [-0.4, -0.2) is 92.8 Å². The van der Waals surface area contributed by atoms with Gasteiger partial charge in [0.15, 0.2) is 20.4 Å². The average Bonchev–Trinajstić information content (AvgIpc) is 3.53. The molecule has 3 heterocycles. The summed E-state index contributed by atoms with van der Waals surface area (Å²) in [5.74, 6) is 0.689. The van der Waals surface area contributed by atoms with Crippen LogP contribution in [0.15, 0.2) is 158 Å². The summed E-state index contributed by atoms with van der Waals surface area (Å²) in [6, 6.07) is 55.9. The predicted octanol–water partition coefficient (Wildman–Crippen LogP) is 12.7. The van der Waals surface area contributed by atoms with E-state index in [2.05, 4.69) is 186 Å². The zero-order valence-corrected chi connectivity index (χ0v) is 48.8. The molecule has 0 saturated carbocycles. The minimum atomic E-state index is 0.344. The van der Waals surface area contributed by atoms with Gasteiger partial charge in [0, 0.05) is 65.6 Å². The van der Waals surface area contributed by atoms with Crippen LogP contribution in [-0.2, 0) is 48.9 Å². The van der Waals surface area contributed by atoms with Crippen LogP contribution >= 0.6 is 48.9 Å². The molecule has 8 aromatic carbocycles. The van der Waals surface area contributed by atoms with Crippen molar-refractivity contribution in [1.29, 1.82) is 0 Å². The predicted molar refractivity (Wildman–Crippen MR) is 344 cm³/mol. The first-order chi connectivity index (χ1) is 39.3. The lowest BCUT2D eigenvalue weighted by Gasteiger charge is -2.43. The normalized spacial score (nSPS) is 16.4. The molecule has 0 amide bonds. The second-order valence-electron chi connectivity index (χ2n) is 21.7. The summed E-state index contributed by atoms with van der Waals surface area (Å²) in [6.07, 6.45) is 6.17. The lowest BCUT2D eigenvalue weighted by Crippen LogP contribution is -2.57. The number of benzene rings is 8. The Kier molecular flexibility index (Phi) is 18.6. The first kappa shape index (κ1) is 55.4. The van der Waals surface area contributed by atoms with Crippen LogP contribution in [0.4, 0.5) is 0 Å². The summed E-state index contributed by atoms with van der Waals surface area (Å²) < 4.78 is 12.2. The van der Waals surface area contributed by atoms with Crippen LogP contribution in [0.5, 0.6) is 0 Å². The zero-order chi connectivity index (χ0) is 54.6. The molecule has 0 atom stereocenters. The van der Waals surface area contributed by atoms with Gasteiger partial charge in [-0.05, 0) is 163 Å². The molecule has 0 unspecified atom stereocenters. The van der Waals surface area contributed by atoms with Gasteiger partial charge < -0.3 is 50.3 Å². The summed E-state index contributed by atoms with van der Waals surface area (Å²) in [5.41, 5.74) is 7.28. The molecule has 3 aliphatic heterocycles. The van der Waals surface area contributed by atoms with Crippen molar-refractivity contribution in [3.63, 3.8) is 0 Å². The van der Waals surface area contributed by atoms with E-state index in [1.807, 2.05) is 12.1 Å². The van der Waals surface area contributed by atoms with Crippen molar-refractivity contribution in [1.82, 2.24) is 40.9 Å². The summed E-state index contributed by atoms with van der Waals surface area (Å²) in [5, 5.41) is 27.6. The molecule has 2 fully saturated rings. The highest BCUT2D eigenvalue weighted by molar-refractivity contribution is 7.80. The van der Waals surface area contributed by atoms with E-state index in [4.69, 9.17) is 58.3 Å². The summed E-state index contributed by atoms with van der Waals surface area (Å²) in [6.45, 7) is 9.56. The molecule has 3 aliphatic rings. The van der Waals surface area contributed by atoms with Crippen molar-refractivity contribution in [2.75, 3.05) is 52.7 Å². The Morgan fingerprint density at radius 1 is 0.338 bits per heavy atom. The zero-order valence-electron chi connectivity index (χ0n) is 45.5. The summed E-state index contributed by atoms with van der Waals surface area (Å²) in [7, 11) is 0. The van der Waals surface area contributed by atoms with Gasteiger partial charge in [0.25, 0.3) is 0 Å². The van der Waals surface area contributed by atoms with E-state index in [1.54, 1.807) is 0 Å². The minimum absolute atomic E-state index is 0.344. The third kappa shape index (κ3) is 13.3. The van der Waals surface area contributed by atoms with Crippen LogP contribution in [0.2, 0.25) is 0 Å². The molecule has 8 aromatic rings. The molecule has 0 aliphatic carbocycles. The van der Waals surface area contributed by atoms with Crippen LogP contribution in [0, 0.1) is 11.8 Å². The Hall–Kier alpha value is -6.52. The van der Waals surface area contributed by atoms with E-state index in [1.165, 1.54) is 76.5 Å². The molecule has 80 heavy (non-hydrogen) atoms. The molecule has 8 bridgehead atoms. The van der Waals surface area contributed by atoms with Crippen LogP contribution < -0.4 is 21.3 Å². The molecule has 0 spiro atoms. The summed E-state index contributed by atoms with van der Waals surface area (Å²) in [4.78, 5) is 9.29. The third-order valence-electron chi connectivity index (χ3n) is 16.2. The van der Waals surface area contributed by atoms with Crippen LogP contribution in [0.3, 0.4) is 0 Å². The van der Waals surface area contributed by atoms with E-state index in [-0.39, 0.29) is 0 Å². The Morgan fingerprint density at radius 2 is 0.588 bits per heavy atom. The first-order valence-corrected chi connectivity index (χ1v) is 30.1. The highest BCUT2D eigenvalue weighted by Gasteiger charge is 2.31. The molecular formula is C66H72N8O2S4. The van der Waals surface area contributed by atoms with Gasteiger partial charge in [-0.3, -0.25) is 0 Å². The quantitative estimate of drug-likeness (QED) is 0.0474. The highest BCUT2D eigenvalue weighted by atomic mass is 32.1. The van der Waals surface area contributed by atoms with Crippen molar-refractivity contribution in [2.45, 2.75) is 77.9 Å². The van der Waals surface area contributed by atoms with Gasteiger partial charge in [0.1, 0.15) is 0 Å². The molecule has 0 radical (unpaired) electrons. The largest absolute Gasteiger partial charge is 0.377 e. The van der Waals surface area contributed by atoms with Crippen molar-refractivity contribution in [3.05, 3.63) is 191 Å². The van der Waals surface area contributed by atoms with Gasteiger partial charge >= 0.3 is 0 Å². The number of nitrogens with one attached hydrogen (secondary N) is 4. The van der Waals surface area contributed by atoms with E-state index in [0.717, 1.165) is 98.4 Å². The molecule has 10 nitrogen and oxygen atoms in total. The number of rotatable bonds is 14. The van der Waals surface area contributed by atoms with E-state index < -0.39 is 0 Å². The minimum Gasteiger partial charge on any atom is -0.377 e. The molecule has 11 rings (SSSR count). The van der Waals surface area contributed by atoms with Crippen LogP contribution in [0.1, 0.15) is 71.9 Å². The smallest absolute Gasteiger partial charge is 0.170 e. The van der Waals surface area contributed by atoms with Crippen molar-refractivity contribution in [3.8, 4) is 0 Å². The lowest BCUT2D eigenvalue weighted by molar-refractivity contribution is 0.110. The number of hydrogen-bond donors (Lipinski definition) is 4. The SMILES string of the molecule is S=C1NCc2c3ccccc3c(c3ccccc23)CNC(=S)N2CC(CCCCOCc3ccccc3)CN(C2)C(=S)NCc2c3ccccc3c(c3ccccc23)CNC(=S)N2CC(CCCCOCc3ccccc3)CN1C2. The lowest BCUT2D eigenvalue weighted by atomic mass is 9.91. The third-order valence-corrected chi connectivity index (χ3v) is 17.9. The maximum atomic E-state index is 6.39. The van der Waals surface area contributed by atoms with Gasteiger partial charge in [-0.15, -0.1) is 0 Å². The van der Waals surface area contributed by atoms with Crippen molar-refractivity contribution < 1.29 is 9.47 Å². The van der Waals surface area contributed by atoms with Crippen molar-refractivity contribution in [2.24, 2.45) is 11.8 Å². The second kappa shape index (κ2) is 26.8. The monoisotopic (exact) mass is 1140 g/mol. The van der Waals surface area contributed by atoms with E-state index in [0.29, 0.717) is 64.6 Å². The Labute approximate surface area is 493 Å². The Bertz CT molecular complexity index is 2960. The molecule has 4 N–H and O–H groups in total. The van der Waals surface area contributed by atoms with Gasteiger partial charge in [0.2, 0.25) is 0 Å². The Morgan fingerprint density at radius 3 is 0.850 bits per heavy atom. The number of fused-ring (bicyclic) bond motifs is 10. The van der Waals surface area contributed by atoms with Gasteiger partial charge in [-0.25, -0.2) is 0 Å².